The van der Waals surface area contributed by atoms with Crippen molar-refractivity contribution in [2.24, 2.45) is 0 Å². The Kier molecular flexibility index (Phi) is 7.18. The van der Waals surface area contributed by atoms with Gasteiger partial charge in [0.15, 0.2) is 13.2 Å². The molecule has 8 nitrogen and oxygen atoms in total. The van der Waals surface area contributed by atoms with E-state index in [9.17, 15) is 14.4 Å². The average molecular weight is 373 g/mol. The molecule has 1 N–H and O–H groups in total. The highest BCUT2D eigenvalue weighted by molar-refractivity contribution is 6.06. The predicted octanol–water partition coefficient (Wildman–Crippen LogP) is 1.58. The van der Waals surface area contributed by atoms with Crippen LogP contribution in [0.3, 0.4) is 0 Å². The van der Waals surface area contributed by atoms with E-state index in [0.717, 1.165) is 0 Å². The van der Waals surface area contributed by atoms with E-state index in [-0.39, 0.29) is 12.2 Å². The number of methoxy groups -OCH3 is 2. The minimum absolute atomic E-state index is 0.197. The van der Waals surface area contributed by atoms with Crippen LogP contribution in [0.1, 0.15) is 10.4 Å². The van der Waals surface area contributed by atoms with Gasteiger partial charge in [0, 0.05) is 0 Å². The summed E-state index contributed by atoms with van der Waals surface area (Å²) < 4.78 is 20.1. The van der Waals surface area contributed by atoms with Crippen molar-refractivity contribution < 1.29 is 33.3 Å². The van der Waals surface area contributed by atoms with Gasteiger partial charge in [-0.1, -0.05) is 12.1 Å². The molecule has 0 unspecified atom stereocenters. The molecule has 0 saturated carbocycles. The lowest BCUT2D eigenvalue weighted by Crippen LogP contribution is -2.34. The first-order chi connectivity index (χ1) is 13.0. The summed E-state index contributed by atoms with van der Waals surface area (Å²) in [5.74, 6) is -0.727. The van der Waals surface area contributed by atoms with Gasteiger partial charge in [-0.25, -0.2) is 4.79 Å². The van der Waals surface area contributed by atoms with E-state index in [1.165, 1.54) is 20.3 Å². The first kappa shape index (κ1) is 19.8. The number of hydrogen-bond acceptors (Lipinski definition) is 7. The van der Waals surface area contributed by atoms with Crippen molar-refractivity contribution in [3.63, 3.8) is 0 Å². The highest BCUT2D eigenvalue weighted by Crippen LogP contribution is 2.17. The van der Waals surface area contributed by atoms with E-state index >= 15 is 0 Å². The molecule has 27 heavy (non-hydrogen) atoms. The number of imide groups is 1. The van der Waals surface area contributed by atoms with E-state index in [0.29, 0.717) is 17.2 Å². The quantitative estimate of drug-likeness (QED) is 0.701. The topological polar surface area (TPSA) is 100 Å². The van der Waals surface area contributed by atoms with E-state index in [1.54, 1.807) is 42.5 Å². The van der Waals surface area contributed by atoms with Crippen molar-refractivity contribution in [1.82, 2.24) is 5.32 Å². The standard InChI is InChI=1S/C19H19NO7/c1-24-13-7-9-14(10-8-13)26-12-18(22)27-11-17(21)20-19(23)15-5-3-4-6-16(15)25-2/h3-10H,11-12H2,1-2H3,(H,20,21,23). The summed E-state index contributed by atoms with van der Waals surface area (Å²) in [6.07, 6.45) is 0. The Hall–Kier alpha value is -3.55. The van der Waals surface area contributed by atoms with Gasteiger partial charge in [-0.15, -0.1) is 0 Å². The van der Waals surface area contributed by atoms with Gasteiger partial charge in [-0.05, 0) is 36.4 Å². The number of carbonyl (C=O) groups is 3. The average Bonchev–Trinajstić information content (AvgIpc) is 2.70. The molecule has 0 atom stereocenters. The second-order valence-corrected chi connectivity index (χ2v) is 5.20. The minimum atomic E-state index is -0.760. The maximum Gasteiger partial charge on any atom is 0.344 e. The Labute approximate surface area is 156 Å². The molecule has 0 aliphatic heterocycles. The van der Waals surface area contributed by atoms with Gasteiger partial charge >= 0.3 is 5.97 Å². The number of hydrogen-bond donors (Lipinski definition) is 1. The Morgan fingerprint density at radius 2 is 1.52 bits per heavy atom. The van der Waals surface area contributed by atoms with Gasteiger partial charge in [0.1, 0.15) is 17.2 Å². The summed E-state index contributed by atoms with van der Waals surface area (Å²) in [6, 6.07) is 13.1. The number of esters is 1. The third-order valence-corrected chi connectivity index (χ3v) is 3.38. The van der Waals surface area contributed by atoms with Crippen molar-refractivity contribution in [1.29, 1.82) is 0 Å². The molecule has 0 aromatic heterocycles. The van der Waals surface area contributed by atoms with Crippen LogP contribution in [-0.4, -0.2) is 45.2 Å². The molecule has 8 heteroatoms. The molecule has 0 bridgehead atoms. The molecule has 0 aliphatic carbocycles. The first-order valence-electron chi connectivity index (χ1n) is 7.93. The second kappa shape index (κ2) is 9.81. The Balaban J connectivity index is 1.75. The molecule has 0 radical (unpaired) electrons. The zero-order chi connectivity index (χ0) is 19.6. The molecule has 142 valence electrons. The van der Waals surface area contributed by atoms with Crippen LogP contribution in [0.5, 0.6) is 17.2 Å². The second-order valence-electron chi connectivity index (χ2n) is 5.20. The van der Waals surface area contributed by atoms with Gasteiger partial charge < -0.3 is 18.9 Å². The number of ether oxygens (including phenoxy) is 4. The lowest BCUT2D eigenvalue weighted by Gasteiger charge is -2.09. The molecule has 2 aromatic carbocycles. The minimum Gasteiger partial charge on any atom is -0.497 e. The molecule has 0 fully saturated rings. The van der Waals surface area contributed by atoms with E-state index in [4.69, 9.17) is 18.9 Å². The first-order valence-corrected chi connectivity index (χ1v) is 7.93. The Bertz CT molecular complexity index is 802. The van der Waals surface area contributed by atoms with Crippen LogP contribution in [-0.2, 0) is 14.3 Å². The van der Waals surface area contributed by atoms with Crippen LogP contribution >= 0.6 is 0 Å². The van der Waals surface area contributed by atoms with Gasteiger partial charge in [-0.3, -0.25) is 14.9 Å². The number of para-hydroxylation sites is 1. The summed E-state index contributed by atoms with van der Waals surface area (Å²) in [6.45, 7) is -0.980. The van der Waals surface area contributed by atoms with Crippen molar-refractivity contribution in [3.05, 3.63) is 54.1 Å². The molecule has 0 heterocycles. The maximum absolute atomic E-state index is 12.1. The Morgan fingerprint density at radius 1 is 0.852 bits per heavy atom. The van der Waals surface area contributed by atoms with Crippen molar-refractivity contribution in [2.45, 2.75) is 0 Å². The molecular formula is C19H19NO7. The van der Waals surface area contributed by atoms with Gasteiger partial charge in [0.05, 0.1) is 19.8 Å². The molecule has 2 aromatic rings. The summed E-state index contributed by atoms with van der Waals surface area (Å²) in [5.41, 5.74) is 0.197. The molecule has 0 saturated heterocycles. The summed E-state index contributed by atoms with van der Waals surface area (Å²) >= 11 is 0. The van der Waals surface area contributed by atoms with Gasteiger partial charge in [-0.2, -0.15) is 0 Å². The van der Waals surface area contributed by atoms with Crippen LogP contribution < -0.4 is 19.5 Å². The summed E-state index contributed by atoms with van der Waals surface area (Å²) in [4.78, 5) is 35.5. The fourth-order valence-electron chi connectivity index (χ4n) is 2.06. The van der Waals surface area contributed by atoms with E-state index in [2.05, 4.69) is 5.32 Å². The third kappa shape index (κ3) is 6.03. The van der Waals surface area contributed by atoms with Crippen LogP contribution in [0.4, 0.5) is 0 Å². The fourth-order valence-corrected chi connectivity index (χ4v) is 2.06. The summed E-state index contributed by atoms with van der Waals surface area (Å²) in [5, 5.41) is 2.12. The van der Waals surface area contributed by atoms with Gasteiger partial charge in [0.25, 0.3) is 11.8 Å². The molecule has 0 aliphatic rings. The van der Waals surface area contributed by atoms with E-state index < -0.39 is 24.4 Å². The van der Waals surface area contributed by atoms with E-state index in [1.807, 2.05) is 0 Å². The molecular weight excluding hydrogens is 354 g/mol. The SMILES string of the molecule is COc1ccc(OCC(=O)OCC(=O)NC(=O)c2ccccc2OC)cc1. The maximum atomic E-state index is 12.1. The number of benzene rings is 2. The van der Waals surface area contributed by atoms with Crippen LogP contribution in [0.25, 0.3) is 0 Å². The number of carbonyl (C=O) groups excluding carboxylic acids is 3. The predicted molar refractivity (Wildman–Crippen MR) is 94.9 cm³/mol. The zero-order valence-corrected chi connectivity index (χ0v) is 14.9. The highest BCUT2D eigenvalue weighted by Gasteiger charge is 2.16. The fraction of sp³-hybridized carbons (Fsp3) is 0.211. The van der Waals surface area contributed by atoms with Crippen molar-refractivity contribution >= 4 is 17.8 Å². The molecule has 2 amide bonds. The number of rotatable bonds is 8. The lowest BCUT2D eigenvalue weighted by molar-refractivity contribution is -0.150. The smallest absolute Gasteiger partial charge is 0.344 e. The molecule has 2 rings (SSSR count). The summed E-state index contributed by atoms with van der Waals surface area (Å²) in [7, 11) is 2.95. The number of amides is 2. The van der Waals surface area contributed by atoms with Gasteiger partial charge in [0.2, 0.25) is 0 Å². The largest absolute Gasteiger partial charge is 0.497 e. The zero-order valence-electron chi connectivity index (χ0n) is 14.9. The normalized spacial score (nSPS) is 9.85. The Morgan fingerprint density at radius 3 is 2.19 bits per heavy atom. The van der Waals surface area contributed by atoms with Crippen molar-refractivity contribution in [3.8, 4) is 17.2 Å². The highest BCUT2D eigenvalue weighted by atomic mass is 16.6. The number of nitrogens with one attached hydrogen (secondary N) is 1. The van der Waals surface area contributed by atoms with Crippen LogP contribution in [0.15, 0.2) is 48.5 Å². The lowest BCUT2D eigenvalue weighted by atomic mass is 10.2. The third-order valence-electron chi connectivity index (χ3n) is 3.38. The molecule has 0 spiro atoms. The van der Waals surface area contributed by atoms with Crippen molar-refractivity contribution in [2.75, 3.05) is 27.4 Å². The monoisotopic (exact) mass is 373 g/mol. The van der Waals surface area contributed by atoms with Crippen LogP contribution in [0, 0.1) is 0 Å². The van der Waals surface area contributed by atoms with Crippen LogP contribution in [0.2, 0.25) is 0 Å².